The van der Waals surface area contributed by atoms with Gasteiger partial charge >= 0.3 is 0 Å². The van der Waals surface area contributed by atoms with E-state index in [1.54, 1.807) is 0 Å². The minimum absolute atomic E-state index is 0.208. The van der Waals surface area contributed by atoms with Crippen molar-refractivity contribution in [2.75, 3.05) is 0 Å². The minimum Gasteiger partial charge on any atom is -0.590 e. The lowest BCUT2D eigenvalue weighted by molar-refractivity contribution is -1.06. The Labute approximate surface area is 144 Å². The molecule has 4 nitrogen and oxygen atoms in total. The largest absolute Gasteiger partial charge is 0.590 e. The molecule has 1 N–H and O–H groups in total. The van der Waals surface area contributed by atoms with Crippen LogP contribution in [0.3, 0.4) is 0 Å². The first kappa shape index (κ1) is 18.3. The molecule has 0 aliphatic rings. The molecule has 2 aromatic rings. The predicted octanol–water partition coefficient (Wildman–Crippen LogP) is 4.01. The van der Waals surface area contributed by atoms with E-state index in [9.17, 15) is 5.21 Å². The van der Waals surface area contributed by atoms with Crippen LogP contribution in [-0.4, -0.2) is 11.1 Å². The lowest BCUT2D eigenvalue weighted by Crippen LogP contribution is -3.16. The van der Waals surface area contributed by atoms with Gasteiger partial charge in [0.2, 0.25) is 0 Å². The minimum atomic E-state index is -0.512. The summed E-state index contributed by atoms with van der Waals surface area (Å²) in [6, 6.07) is 15.5. The van der Waals surface area contributed by atoms with E-state index >= 15 is 0 Å². The number of hydrogen-bond acceptors (Lipinski definition) is 3. The van der Waals surface area contributed by atoms with Gasteiger partial charge in [-0.15, -0.1) is 0 Å². The Hall–Kier alpha value is -2.04. The van der Waals surface area contributed by atoms with Crippen LogP contribution in [-0.2, 0) is 0 Å². The van der Waals surface area contributed by atoms with Crippen molar-refractivity contribution in [2.24, 2.45) is 0 Å². The Kier molecular flexibility index (Phi) is 5.21. The van der Waals surface area contributed by atoms with Crippen LogP contribution < -0.4 is 14.8 Å². The summed E-state index contributed by atoms with van der Waals surface area (Å²) < 4.78 is 5.83. The van der Waals surface area contributed by atoms with Crippen molar-refractivity contribution in [1.29, 1.82) is 0 Å². The topological polar surface area (TPSA) is 46.0 Å². The standard InChI is InChI=1S/C20H27NO3/c1-19(2,3)21(22)24-18-13-9-16(10-14-18)15-7-11-17(12-8-15)23-20(4,5)6/h7-14,21H,1-6H3. The summed E-state index contributed by atoms with van der Waals surface area (Å²) >= 11 is 0. The molecule has 0 saturated heterocycles. The third-order valence-electron chi connectivity index (χ3n) is 3.29. The van der Waals surface area contributed by atoms with Crippen LogP contribution >= 0.6 is 0 Å². The van der Waals surface area contributed by atoms with Crippen molar-refractivity contribution in [1.82, 2.24) is 0 Å². The van der Waals surface area contributed by atoms with E-state index < -0.39 is 5.54 Å². The summed E-state index contributed by atoms with van der Waals surface area (Å²) in [5.41, 5.74) is 1.43. The summed E-state index contributed by atoms with van der Waals surface area (Å²) in [5, 5.41) is 11.7. The smallest absolute Gasteiger partial charge is 0.190 e. The molecule has 0 saturated carbocycles. The van der Waals surface area contributed by atoms with Crippen LogP contribution in [0.2, 0.25) is 0 Å². The Morgan fingerprint density at radius 1 is 0.708 bits per heavy atom. The molecule has 0 fully saturated rings. The van der Waals surface area contributed by atoms with Gasteiger partial charge < -0.3 is 14.8 Å². The first-order valence-electron chi connectivity index (χ1n) is 8.16. The van der Waals surface area contributed by atoms with Crippen LogP contribution in [0.5, 0.6) is 11.5 Å². The molecule has 0 spiro atoms. The molecule has 1 atom stereocenters. The molecule has 130 valence electrons. The van der Waals surface area contributed by atoms with Gasteiger partial charge in [-0.3, -0.25) is 0 Å². The van der Waals surface area contributed by atoms with E-state index in [0.717, 1.165) is 16.9 Å². The molecule has 2 rings (SSSR count). The van der Waals surface area contributed by atoms with E-state index in [1.807, 2.05) is 90.1 Å². The summed E-state index contributed by atoms with van der Waals surface area (Å²) in [4.78, 5) is 5.38. The van der Waals surface area contributed by atoms with E-state index in [0.29, 0.717) is 5.75 Å². The molecule has 0 aromatic heterocycles. The van der Waals surface area contributed by atoms with E-state index in [1.165, 1.54) is 0 Å². The van der Waals surface area contributed by atoms with Crippen LogP contribution in [0.25, 0.3) is 11.1 Å². The third kappa shape index (κ3) is 5.25. The molecule has 0 radical (unpaired) electrons. The van der Waals surface area contributed by atoms with E-state index in [4.69, 9.17) is 9.57 Å². The Balaban J connectivity index is 2.08. The van der Waals surface area contributed by atoms with Gasteiger partial charge in [-0.1, -0.05) is 24.3 Å². The SMILES string of the molecule is CC(C)(C)Oc1ccc(-c2ccc(O[NH+]([O-])C(C)(C)C)cc2)cc1. The lowest BCUT2D eigenvalue weighted by Gasteiger charge is -2.32. The summed E-state index contributed by atoms with van der Waals surface area (Å²) in [6.07, 6.45) is 0. The van der Waals surface area contributed by atoms with Crippen molar-refractivity contribution >= 4 is 0 Å². The Bertz CT molecular complexity index is 649. The highest BCUT2D eigenvalue weighted by molar-refractivity contribution is 5.64. The van der Waals surface area contributed by atoms with Gasteiger partial charge in [0, 0.05) is 0 Å². The highest BCUT2D eigenvalue weighted by Crippen LogP contribution is 2.26. The van der Waals surface area contributed by atoms with Crippen LogP contribution in [0.15, 0.2) is 48.5 Å². The number of rotatable bonds is 4. The maximum atomic E-state index is 11.9. The van der Waals surface area contributed by atoms with Gasteiger partial charge in [0.15, 0.2) is 5.75 Å². The number of hydroxylamine groups is 2. The van der Waals surface area contributed by atoms with Crippen molar-refractivity contribution in [3.8, 4) is 22.6 Å². The fourth-order valence-corrected chi connectivity index (χ4v) is 2.04. The average molecular weight is 329 g/mol. The first-order chi connectivity index (χ1) is 11.0. The molecule has 0 amide bonds. The van der Waals surface area contributed by atoms with Crippen molar-refractivity contribution < 1.29 is 14.8 Å². The Morgan fingerprint density at radius 3 is 1.50 bits per heavy atom. The first-order valence-corrected chi connectivity index (χ1v) is 8.16. The molecule has 0 heterocycles. The van der Waals surface area contributed by atoms with Gasteiger partial charge in [-0.25, -0.2) is 0 Å². The molecule has 24 heavy (non-hydrogen) atoms. The van der Waals surface area contributed by atoms with Crippen LogP contribution in [0.4, 0.5) is 0 Å². The lowest BCUT2D eigenvalue weighted by atomic mass is 10.1. The van der Waals surface area contributed by atoms with E-state index in [2.05, 4.69) is 0 Å². The zero-order valence-corrected chi connectivity index (χ0v) is 15.3. The number of benzene rings is 2. The van der Waals surface area contributed by atoms with Gasteiger partial charge in [-0.05, 0) is 76.9 Å². The van der Waals surface area contributed by atoms with E-state index in [-0.39, 0.29) is 10.8 Å². The number of nitrogens with one attached hydrogen (secondary N) is 1. The normalized spacial score (nSPS) is 13.5. The molecule has 0 aliphatic heterocycles. The zero-order chi connectivity index (χ0) is 18.0. The third-order valence-corrected chi connectivity index (χ3v) is 3.29. The molecule has 2 aromatic carbocycles. The monoisotopic (exact) mass is 329 g/mol. The van der Waals surface area contributed by atoms with Gasteiger partial charge in [0.1, 0.15) is 16.9 Å². The summed E-state index contributed by atoms with van der Waals surface area (Å²) in [5.74, 6) is 1.41. The molecule has 4 heteroatoms. The quantitative estimate of drug-likeness (QED) is 0.862. The van der Waals surface area contributed by atoms with Crippen molar-refractivity contribution in [3.05, 3.63) is 53.7 Å². The maximum absolute atomic E-state index is 11.9. The summed E-state index contributed by atoms with van der Waals surface area (Å²) in [7, 11) is 0. The van der Waals surface area contributed by atoms with Gasteiger partial charge in [0.25, 0.3) is 0 Å². The molecule has 0 bridgehead atoms. The van der Waals surface area contributed by atoms with Gasteiger partial charge in [-0.2, -0.15) is 5.23 Å². The number of ether oxygens (including phenoxy) is 1. The maximum Gasteiger partial charge on any atom is 0.190 e. The van der Waals surface area contributed by atoms with Gasteiger partial charge in [0.05, 0.1) is 0 Å². The second-order valence-electron chi connectivity index (χ2n) is 7.90. The molecule has 0 aliphatic carbocycles. The highest BCUT2D eigenvalue weighted by atomic mass is 16.9. The zero-order valence-electron chi connectivity index (χ0n) is 15.3. The second kappa shape index (κ2) is 6.83. The molecular weight excluding hydrogens is 302 g/mol. The van der Waals surface area contributed by atoms with Crippen molar-refractivity contribution in [2.45, 2.75) is 52.7 Å². The summed E-state index contributed by atoms with van der Waals surface area (Å²) in [6.45, 7) is 11.6. The van der Waals surface area contributed by atoms with Crippen LogP contribution in [0.1, 0.15) is 41.5 Å². The highest BCUT2D eigenvalue weighted by Gasteiger charge is 2.20. The second-order valence-corrected chi connectivity index (χ2v) is 7.90. The molecule has 1 unspecified atom stereocenters. The fourth-order valence-electron chi connectivity index (χ4n) is 2.04. The van der Waals surface area contributed by atoms with Crippen LogP contribution in [0, 0.1) is 5.21 Å². The fraction of sp³-hybridized carbons (Fsp3) is 0.400. The van der Waals surface area contributed by atoms with Crippen molar-refractivity contribution in [3.63, 3.8) is 0 Å². The predicted molar refractivity (Wildman–Crippen MR) is 97.0 cm³/mol. The Morgan fingerprint density at radius 2 is 1.12 bits per heavy atom. The average Bonchev–Trinajstić information content (AvgIpc) is 2.46. The number of quaternary nitrogens is 1. The molecular formula is C20H27NO3. The number of hydrogen-bond donors (Lipinski definition) is 1.